The molecule has 13 heavy (non-hydrogen) atoms. The van der Waals surface area contributed by atoms with Crippen molar-refractivity contribution >= 4 is 6.34 Å². The molecule has 0 aliphatic heterocycles. The molecule has 0 amide bonds. The molecule has 0 saturated carbocycles. The number of hydrogen-bond acceptors (Lipinski definition) is 2. The van der Waals surface area contributed by atoms with E-state index in [9.17, 15) is 0 Å². The fourth-order valence-electron chi connectivity index (χ4n) is 0.967. The van der Waals surface area contributed by atoms with Crippen LogP contribution in [0.25, 0.3) is 0 Å². The van der Waals surface area contributed by atoms with E-state index in [-0.39, 0.29) is 0 Å². The highest BCUT2D eigenvalue weighted by molar-refractivity contribution is 5.54. The molecule has 0 bridgehead atoms. The standard InChI is InChI=1S/C10H23N3/c1-6-11-8-12-10(4)7-13(5)9(2)3/h8-10H,6-7H2,1-5H3,(H,11,12). The number of aliphatic imine (C=N–C) groups is 1. The Bertz CT molecular complexity index is 143. The van der Waals surface area contributed by atoms with E-state index in [0.29, 0.717) is 12.1 Å². The Morgan fingerprint density at radius 3 is 2.46 bits per heavy atom. The predicted molar refractivity (Wildman–Crippen MR) is 59.4 cm³/mol. The third kappa shape index (κ3) is 6.58. The van der Waals surface area contributed by atoms with Crippen LogP contribution in [0, 0.1) is 0 Å². The normalized spacial score (nSPS) is 14.4. The van der Waals surface area contributed by atoms with E-state index in [1.54, 1.807) is 6.34 Å². The van der Waals surface area contributed by atoms with Crippen molar-refractivity contribution in [1.82, 2.24) is 10.2 Å². The van der Waals surface area contributed by atoms with Gasteiger partial charge < -0.3 is 10.2 Å². The molecule has 0 aromatic carbocycles. The van der Waals surface area contributed by atoms with Gasteiger partial charge in [-0.15, -0.1) is 0 Å². The molecule has 0 fully saturated rings. The van der Waals surface area contributed by atoms with E-state index < -0.39 is 0 Å². The zero-order valence-corrected chi connectivity index (χ0v) is 9.54. The summed E-state index contributed by atoms with van der Waals surface area (Å²) in [7, 11) is 2.14. The summed E-state index contributed by atoms with van der Waals surface area (Å²) in [6, 6.07) is 1.06. The van der Waals surface area contributed by atoms with Gasteiger partial charge in [0.2, 0.25) is 0 Å². The third-order valence-electron chi connectivity index (χ3n) is 2.08. The topological polar surface area (TPSA) is 27.6 Å². The van der Waals surface area contributed by atoms with E-state index in [4.69, 9.17) is 0 Å². The van der Waals surface area contributed by atoms with Gasteiger partial charge in [-0.05, 0) is 34.7 Å². The van der Waals surface area contributed by atoms with E-state index in [0.717, 1.165) is 13.1 Å². The van der Waals surface area contributed by atoms with Gasteiger partial charge in [0.25, 0.3) is 0 Å². The van der Waals surface area contributed by atoms with Crippen LogP contribution in [0.1, 0.15) is 27.7 Å². The molecule has 0 radical (unpaired) electrons. The first-order valence-corrected chi connectivity index (χ1v) is 5.02. The first kappa shape index (κ1) is 12.4. The monoisotopic (exact) mass is 185 g/mol. The van der Waals surface area contributed by atoms with Crippen LogP contribution in [0.15, 0.2) is 4.99 Å². The summed E-state index contributed by atoms with van der Waals surface area (Å²) >= 11 is 0. The molecular weight excluding hydrogens is 162 g/mol. The SMILES string of the molecule is CCN=CNC(C)CN(C)C(C)C. The summed E-state index contributed by atoms with van der Waals surface area (Å²) in [5.74, 6) is 0. The maximum absolute atomic E-state index is 4.11. The highest BCUT2D eigenvalue weighted by Crippen LogP contribution is 1.94. The first-order chi connectivity index (χ1) is 6.07. The molecular formula is C10H23N3. The minimum atomic E-state index is 0.461. The minimum Gasteiger partial charge on any atom is -0.373 e. The molecule has 1 unspecified atom stereocenters. The van der Waals surface area contributed by atoms with Gasteiger partial charge in [-0.25, -0.2) is 0 Å². The number of nitrogens with zero attached hydrogens (tertiary/aromatic N) is 2. The largest absolute Gasteiger partial charge is 0.373 e. The quantitative estimate of drug-likeness (QED) is 0.500. The highest BCUT2D eigenvalue weighted by atomic mass is 15.1. The van der Waals surface area contributed by atoms with Crippen LogP contribution < -0.4 is 5.32 Å². The summed E-state index contributed by atoms with van der Waals surface area (Å²) < 4.78 is 0. The van der Waals surface area contributed by atoms with Crippen LogP contribution in [-0.4, -0.2) is 43.5 Å². The summed E-state index contributed by atoms with van der Waals surface area (Å²) in [6.07, 6.45) is 1.80. The van der Waals surface area contributed by atoms with Crippen molar-refractivity contribution in [2.45, 2.75) is 39.8 Å². The van der Waals surface area contributed by atoms with Crippen molar-refractivity contribution in [3.63, 3.8) is 0 Å². The zero-order chi connectivity index (χ0) is 10.3. The number of hydrogen-bond donors (Lipinski definition) is 1. The maximum Gasteiger partial charge on any atom is 0.0826 e. The molecule has 1 N–H and O–H groups in total. The minimum absolute atomic E-state index is 0.461. The lowest BCUT2D eigenvalue weighted by Crippen LogP contribution is -2.39. The summed E-state index contributed by atoms with van der Waals surface area (Å²) in [5.41, 5.74) is 0. The average molecular weight is 185 g/mol. The fourth-order valence-corrected chi connectivity index (χ4v) is 0.967. The molecule has 0 spiro atoms. The van der Waals surface area contributed by atoms with Crippen LogP contribution >= 0.6 is 0 Å². The van der Waals surface area contributed by atoms with Crippen molar-refractivity contribution < 1.29 is 0 Å². The molecule has 0 aromatic heterocycles. The lowest BCUT2D eigenvalue weighted by Gasteiger charge is -2.24. The van der Waals surface area contributed by atoms with Gasteiger partial charge in [-0.1, -0.05) is 0 Å². The second kappa shape index (κ2) is 6.89. The molecule has 0 aliphatic carbocycles. The summed E-state index contributed by atoms with van der Waals surface area (Å²) in [6.45, 7) is 10.5. The molecule has 3 heteroatoms. The Morgan fingerprint density at radius 1 is 1.38 bits per heavy atom. The fraction of sp³-hybridized carbons (Fsp3) is 0.900. The van der Waals surface area contributed by atoms with Gasteiger partial charge in [0, 0.05) is 25.2 Å². The van der Waals surface area contributed by atoms with E-state index in [1.165, 1.54) is 0 Å². The van der Waals surface area contributed by atoms with Crippen molar-refractivity contribution in [3.05, 3.63) is 0 Å². The lowest BCUT2D eigenvalue weighted by atomic mass is 10.2. The molecule has 0 heterocycles. The second-order valence-electron chi connectivity index (χ2n) is 3.73. The molecule has 3 nitrogen and oxygen atoms in total. The summed E-state index contributed by atoms with van der Waals surface area (Å²) in [4.78, 5) is 6.43. The Labute approximate surface area is 82.2 Å². The van der Waals surface area contributed by atoms with Crippen LogP contribution in [0.4, 0.5) is 0 Å². The Morgan fingerprint density at radius 2 is 2.00 bits per heavy atom. The lowest BCUT2D eigenvalue weighted by molar-refractivity contribution is 0.256. The first-order valence-electron chi connectivity index (χ1n) is 5.02. The third-order valence-corrected chi connectivity index (χ3v) is 2.08. The van der Waals surface area contributed by atoms with Crippen LogP contribution in [-0.2, 0) is 0 Å². The smallest absolute Gasteiger partial charge is 0.0826 e. The van der Waals surface area contributed by atoms with Gasteiger partial charge in [0.15, 0.2) is 0 Å². The van der Waals surface area contributed by atoms with Crippen LogP contribution in [0.3, 0.4) is 0 Å². The van der Waals surface area contributed by atoms with Crippen molar-refractivity contribution in [1.29, 1.82) is 0 Å². The molecule has 78 valence electrons. The maximum atomic E-state index is 4.11. The zero-order valence-electron chi connectivity index (χ0n) is 9.54. The van der Waals surface area contributed by atoms with E-state index in [2.05, 4.69) is 43.0 Å². The Balaban J connectivity index is 3.61. The average Bonchev–Trinajstić information content (AvgIpc) is 2.04. The molecule has 1 atom stereocenters. The van der Waals surface area contributed by atoms with Gasteiger partial charge in [-0.2, -0.15) is 0 Å². The predicted octanol–water partition coefficient (Wildman–Crippen LogP) is 1.35. The number of nitrogens with one attached hydrogen (secondary N) is 1. The van der Waals surface area contributed by atoms with Crippen molar-refractivity contribution in [2.24, 2.45) is 4.99 Å². The van der Waals surface area contributed by atoms with Crippen LogP contribution in [0.2, 0.25) is 0 Å². The van der Waals surface area contributed by atoms with E-state index >= 15 is 0 Å². The highest BCUT2D eigenvalue weighted by Gasteiger charge is 2.06. The van der Waals surface area contributed by atoms with Crippen molar-refractivity contribution in [2.75, 3.05) is 20.1 Å². The molecule has 0 rings (SSSR count). The number of rotatable bonds is 6. The second-order valence-corrected chi connectivity index (χ2v) is 3.73. The Kier molecular flexibility index (Phi) is 6.59. The molecule has 0 aliphatic rings. The molecule has 0 saturated heterocycles. The van der Waals surface area contributed by atoms with Gasteiger partial charge in [0.1, 0.15) is 0 Å². The van der Waals surface area contributed by atoms with E-state index in [1.807, 2.05) is 6.92 Å². The molecule has 0 aromatic rings. The van der Waals surface area contributed by atoms with Gasteiger partial charge >= 0.3 is 0 Å². The number of likely N-dealkylation sites (N-methyl/N-ethyl adjacent to an activating group) is 1. The van der Waals surface area contributed by atoms with Crippen LogP contribution in [0.5, 0.6) is 0 Å². The van der Waals surface area contributed by atoms with Gasteiger partial charge in [-0.3, -0.25) is 4.99 Å². The van der Waals surface area contributed by atoms with Gasteiger partial charge in [0.05, 0.1) is 6.34 Å². The Hall–Kier alpha value is -0.570. The van der Waals surface area contributed by atoms with Crippen molar-refractivity contribution in [3.8, 4) is 0 Å². The summed E-state index contributed by atoms with van der Waals surface area (Å²) in [5, 5.41) is 3.24.